The van der Waals surface area contributed by atoms with Gasteiger partial charge >= 0.3 is 0 Å². The Morgan fingerprint density at radius 3 is 2.83 bits per heavy atom. The van der Waals surface area contributed by atoms with Gasteiger partial charge < -0.3 is 15.5 Å². The van der Waals surface area contributed by atoms with Crippen LogP contribution in [0.1, 0.15) is 13.3 Å². The fourth-order valence-electron chi connectivity index (χ4n) is 1.75. The van der Waals surface area contributed by atoms with Gasteiger partial charge in [-0.05, 0) is 33.5 Å². The molecule has 0 aromatic heterocycles. The second kappa shape index (κ2) is 4.80. The van der Waals surface area contributed by atoms with Gasteiger partial charge in [-0.25, -0.2) is 0 Å². The van der Waals surface area contributed by atoms with Crippen molar-refractivity contribution in [2.24, 2.45) is 5.73 Å². The number of likely N-dealkylation sites (N-methyl/N-ethyl adjacent to an activating group) is 1. The Morgan fingerprint density at radius 1 is 1.42 bits per heavy atom. The first kappa shape index (κ1) is 9.96. The zero-order valence-corrected chi connectivity index (χ0v) is 8.29. The lowest BCUT2D eigenvalue weighted by Crippen LogP contribution is -2.38. The molecule has 1 aliphatic heterocycles. The van der Waals surface area contributed by atoms with E-state index in [9.17, 15) is 0 Å². The van der Waals surface area contributed by atoms with Crippen molar-refractivity contribution in [1.29, 1.82) is 0 Å². The van der Waals surface area contributed by atoms with Gasteiger partial charge in [0, 0.05) is 25.7 Å². The van der Waals surface area contributed by atoms with Crippen LogP contribution in [0.5, 0.6) is 0 Å². The van der Waals surface area contributed by atoms with Crippen LogP contribution in [0.2, 0.25) is 0 Å². The van der Waals surface area contributed by atoms with E-state index in [4.69, 9.17) is 5.73 Å². The lowest BCUT2D eigenvalue weighted by molar-refractivity contribution is 0.223. The minimum Gasteiger partial charge on any atom is -0.329 e. The van der Waals surface area contributed by atoms with E-state index < -0.39 is 0 Å². The fourth-order valence-corrected chi connectivity index (χ4v) is 1.75. The molecule has 0 radical (unpaired) electrons. The van der Waals surface area contributed by atoms with E-state index in [0.29, 0.717) is 6.04 Å². The molecule has 1 fully saturated rings. The van der Waals surface area contributed by atoms with Crippen molar-refractivity contribution in [1.82, 2.24) is 9.80 Å². The topological polar surface area (TPSA) is 32.5 Å². The molecule has 0 saturated carbocycles. The summed E-state index contributed by atoms with van der Waals surface area (Å²) in [6.45, 7) is 7.74. The van der Waals surface area contributed by atoms with Crippen LogP contribution in [-0.2, 0) is 0 Å². The minimum absolute atomic E-state index is 0.680. The van der Waals surface area contributed by atoms with E-state index in [1.54, 1.807) is 0 Å². The summed E-state index contributed by atoms with van der Waals surface area (Å²) in [4.78, 5) is 4.89. The number of nitrogens with two attached hydrogens (primary N) is 1. The molecule has 0 spiro atoms. The van der Waals surface area contributed by atoms with Gasteiger partial charge in [-0.3, -0.25) is 0 Å². The zero-order chi connectivity index (χ0) is 8.97. The lowest BCUT2D eigenvalue weighted by Gasteiger charge is -2.25. The molecule has 0 aliphatic carbocycles. The Kier molecular flexibility index (Phi) is 3.98. The highest BCUT2D eigenvalue weighted by Crippen LogP contribution is 2.06. The first-order valence-corrected chi connectivity index (χ1v) is 4.86. The highest BCUT2D eigenvalue weighted by molar-refractivity contribution is 4.74. The summed E-state index contributed by atoms with van der Waals surface area (Å²) in [7, 11) is 2.20. The second-order valence-electron chi connectivity index (χ2n) is 3.77. The van der Waals surface area contributed by atoms with Crippen molar-refractivity contribution >= 4 is 0 Å². The van der Waals surface area contributed by atoms with Gasteiger partial charge in [-0.15, -0.1) is 0 Å². The Balaban J connectivity index is 2.37. The first-order chi connectivity index (χ1) is 5.74. The summed E-state index contributed by atoms with van der Waals surface area (Å²) < 4.78 is 0. The minimum atomic E-state index is 0.680. The largest absolute Gasteiger partial charge is 0.329 e. The maximum atomic E-state index is 5.54. The van der Waals surface area contributed by atoms with Gasteiger partial charge in [0.2, 0.25) is 0 Å². The van der Waals surface area contributed by atoms with Crippen molar-refractivity contribution in [2.45, 2.75) is 19.4 Å². The standard InChI is InChI=1S/C9H21N3/c1-9-8-12(7-4-10)6-3-5-11(9)2/h9H,3-8,10H2,1-2H3. The molecule has 0 aromatic carbocycles. The van der Waals surface area contributed by atoms with Crippen LogP contribution >= 0.6 is 0 Å². The molecular formula is C9H21N3. The van der Waals surface area contributed by atoms with Crippen LogP contribution in [0.3, 0.4) is 0 Å². The van der Waals surface area contributed by atoms with Crippen molar-refractivity contribution in [2.75, 3.05) is 39.8 Å². The van der Waals surface area contributed by atoms with Crippen LogP contribution in [0.15, 0.2) is 0 Å². The van der Waals surface area contributed by atoms with Crippen molar-refractivity contribution in [3.8, 4) is 0 Å². The monoisotopic (exact) mass is 171 g/mol. The van der Waals surface area contributed by atoms with Crippen LogP contribution in [-0.4, -0.2) is 55.6 Å². The molecule has 3 heteroatoms. The van der Waals surface area contributed by atoms with Gasteiger partial charge in [0.1, 0.15) is 0 Å². The molecular weight excluding hydrogens is 150 g/mol. The fraction of sp³-hybridized carbons (Fsp3) is 1.00. The predicted octanol–water partition coefficient (Wildman–Crippen LogP) is -0.0289. The lowest BCUT2D eigenvalue weighted by atomic mass is 10.3. The van der Waals surface area contributed by atoms with Gasteiger partial charge in [-0.1, -0.05) is 0 Å². The van der Waals surface area contributed by atoms with E-state index in [1.807, 2.05) is 0 Å². The quantitative estimate of drug-likeness (QED) is 0.633. The van der Waals surface area contributed by atoms with E-state index in [-0.39, 0.29) is 0 Å². The maximum absolute atomic E-state index is 5.54. The molecule has 1 heterocycles. The summed E-state index contributed by atoms with van der Waals surface area (Å²) in [6, 6.07) is 0.680. The number of hydrogen-bond donors (Lipinski definition) is 1. The van der Waals surface area contributed by atoms with Crippen LogP contribution in [0, 0.1) is 0 Å². The third-order valence-electron chi connectivity index (χ3n) is 2.71. The van der Waals surface area contributed by atoms with Crippen molar-refractivity contribution in [3.05, 3.63) is 0 Å². The number of nitrogens with zero attached hydrogens (tertiary/aromatic N) is 2. The summed E-state index contributed by atoms with van der Waals surface area (Å²) in [5.41, 5.74) is 5.54. The van der Waals surface area contributed by atoms with Gasteiger partial charge in [0.25, 0.3) is 0 Å². The Morgan fingerprint density at radius 2 is 2.17 bits per heavy atom. The molecule has 1 unspecified atom stereocenters. The molecule has 2 N–H and O–H groups in total. The SMILES string of the molecule is CC1CN(CCN)CCCN1C. The van der Waals surface area contributed by atoms with Crippen LogP contribution in [0.4, 0.5) is 0 Å². The smallest absolute Gasteiger partial charge is 0.0191 e. The average Bonchev–Trinajstić information content (AvgIpc) is 2.16. The van der Waals surface area contributed by atoms with Crippen LogP contribution < -0.4 is 5.73 Å². The molecule has 72 valence electrons. The Hall–Kier alpha value is -0.120. The Labute approximate surface area is 75.5 Å². The molecule has 0 aromatic rings. The zero-order valence-electron chi connectivity index (χ0n) is 8.29. The summed E-state index contributed by atoms with van der Waals surface area (Å²) in [5, 5.41) is 0. The van der Waals surface area contributed by atoms with Gasteiger partial charge in [0.15, 0.2) is 0 Å². The van der Waals surface area contributed by atoms with E-state index in [1.165, 1.54) is 26.1 Å². The summed E-state index contributed by atoms with van der Waals surface area (Å²) in [5.74, 6) is 0. The first-order valence-electron chi connectivity index (χ1n) is 4.86. The average molecular weight is 171 g/mol. The van der Waals surface area contributed by atoms with E-state index >= 15 is 0 Å². The van der Waals surface area contributed by atoms with Gasteiger partial charge in [0.05, 0.1) is 0 Å². The third kappa shape index (κ3) is 2.73. The molecule has 12 heavy (non-hydrogen) atoms. The predicted molar refractivity (Wildman–Crippen MR) is 52.2 cm³/mol. The van der Waals surface area contributed by atoms with Crippen molar-refractivity contribution in [3.63, 3.8) is 0 Å². The second-order valence-corrected chi connectivity index (χ2v) is 3.77. The summed E-state index contributed by atoms with van der Waals surface area (Å²) >= 11 is 0. The molecule has 1 saturated heterocycles. The van der Waals surface area contributed by atoms with Crippen molar-refractivity contribution < 1.29 is 0 Å². The molecule has 0 amide bonds. The molecule has 3 nitrogen and oxygen atoms in total. The number of rotatable bonds is 2. The normalized spacial score (nSPS) is 28.8. The highest BCUT2D eigenvalue weighted by Gasteiger charge is 2.17. The molecule has 0 bridgehead atoms. The van der Waals surface area contributed by atoms with Gasteiger partial charge in [-0.2, -0.15) is 0 Å². The van der Waals surface area contributed by atoms with E-state index in [0.717, 1.165) is 13.1 Å². The summed E-state index contributed by atoms with van der Waals surface area (Å²) in [6.07, 6.45) is 1.28. The number of hydrogen-bond acceptors (Lipinski definition) is 3. The molecule has 1 aliphatic rings. The Bertz CT molecular complexity index is 127. The molecule has 1 atom stereocenters. The maximum Gasteiger partial charge on any atom is 0.0191 e. The van der Waals surface area contributed by atoms with Crippen LogP contribution in [0.25, 0.3) is 0 Å². The van der Waals surface area contributed by atoms with E-state index in [2.05, 4.69) is 23.8 Å². The molecule has 1 rings (SSSR count). The third-order valence-corrected chi connectivity index (χ3v) is 2.71. The highest BCUT2D eigenvalue weighted by atomic mass is 15.2.